The van der Waals surface area contributed by atoms with Crippen LogP contribution in [0.1, 0.15) is 24.8 Å². The average Bonchev–Trinajstić information content (AvgIpc) is 2.88. The first-order valence-electron chi connectivity index (χ1n) is 6.99. The molecule has 0 spiro atoms. The second kappa shape index (κ2) is 5.58. The molecule has 1 atom stereocenters. The third-order valence-corrected chi connectivity index (χ3v) is 3.71. The van der Waals surface area contributed by atoms with Crippen molar-refractivity contribution >= 4 is 5.69 Å². The van der Waals surface area contributed by atoms with Crippen molar-refractivity contribution in [2.45, 2.75) is 38.8 Å². The van der Waals surface area contributed by atoms with E-state index >= 15 is 0 Å². The van der Waals surface area contributed by atoms with Gasteiger partial charge in [0.1, 0.15) is 0 Å². The highest BCUT2D eigenvalue weighted by Gasteiger charge is 2.19. The van der Waals surface area contributed by atoms with Gasteiger partial charge in [0.25, 0.3) is 0 Å². The third-order valence-electron chi connectivity index (χ3n) is 3.71. The molecule has 1 saturated heterocycles. The molecule has 3 rings (SSSR count). The number of ether oxygens (including phenoxy) is 1. The monoisotopic (exact) mass is 273 g/mol. The van der Waals surface area contributed by atoms with E-state index in [4.69, 9.17) is 10.5 Å². The zero-order chi connectivity index (χ0) is 13.9. The lowest BCUT2D eigenvalue weighted by atomic mass is 10.1. The van der Waals surface area contributed by atoms with E-state index in [0.717, 1.165) is 36.4 Å². The van der Waals surface area contributed by atoms with Crippen molar-refractivity contribution in [3.63, 3.8) is 0 Å². The van der Waals surface area contributed by atoms with E-state index in [1.54, 1.807) is 4.68 Å². The number of aromatic nitrogens is 4. The predicted molar refractivity (Wildman–Crippen MR) is 76.0 cm³/mol. The standard InChI is InChI=1S/C14H19N5O/c1-10-5-4-7-12(15)13(10)14-16-17-18-19(14)9-11-6-2-3-8-20-11/h4-5,7,11H,2-3,6,8-9,15H2,1H3. The molecule has 0 amide bonds. The Balaban J connectivity index is 1.89. The molecule has 6 heteroatoms. The van der Waals surface area contributed by atoms with Gasteiger partial charge in [-0.15, -0.1) is 5.10 Å². The first-order chi connectivity index (χ1) is 9.75. The molecule has 2 heterocycles. The van der Waals surface area contributed by atoms with Crippen LogP contribution in [0.4, 0.5) is 5.69 Å². The summed E-state index contributed by atoms with van der Waals surface area (Å²) in [6.07, 6.45) is 3.59. The normalized spacial score (nSPS) is 19.1. The van der Waals surface area contributed by atoms with Gasteiger partial charge in [-0.3, -0.25) is 0 Å². The Morgan fingerprint density at radius 1 is 1.40 bits per heavy atom. The molecule has 1 fully saturated rings. The van der Waals surface area contributed by atoms with Crippen molar-refractivity contribution in [3.05, 3.63) is 23.8 Å². The Labute approximate surface area is 117 Å². The van der Waals surface area contributed by atoms with E-state index < -0.39 is 0 Å². The van der Waals surface area contributed by atoms with Gasteiger partial charge >= 0.3 is 0 Å². The van der Waals surface area contributed by atoms with Crippen LogP contribution in [0.15, 0.2) is 18.2 Å². The molecule has 2 aromatic rings. The number of aryl methyl sites for hydroxylation is 1. The van der Waals surface area contributed by atoms with E-state index in [-0.39, 0.29) is 6.10 Å². The molecule has 106 valence electrons. The Morgan fingerprint density at radius 3 is 3.05 bits per heavy atom. The first kappa shape index (κ1) is 13.1. The maximum Gasteiger partial charge on any atom is 0.184 e. The lowest BCUT2D eigenvalue weighted by Crippen LogP contribution is -2.25. The fourth-order valence-electron chi connectivity index (χ4n) is 2.65. The molecule has 0 bridgehead atoms. The van der Waals surface area contributed by atoms with Gasteiger partial charge < -0.3 is 10.5 Å². The fraction of sp³-hybridized carbons (Fsp3) is 0.500. The van der Waals surface area contributed by atoms with Crippen molar-refractivity contribution in [1.29, 1.82) is 0 Å². The van der Waals surface area contributed by atoms with Gasteiger partial charge in [0.05, 0.1) is 12.6 Å². The summed E-state index contributed by atoms with van der Waals surface area (Å²) in [5, 5.41) is 12.0. The molecular weight excluding hydrogens is 254 g/mol. The second-order valence-corrected chi connectivity index (χ2v) is 5.21. The summed E-state index contributed by atoms with van der Waals surface area (Å²) in [4.78, 5) is 0. The smallest absolute Gasteiger partial charge is 0.184 e. The van der Waals surface area contributed by atoms with Crippen LogP contribution in [0.3, 0.4) is 0 Å². The summed E-state index contributed by atoms with van der Waals surface area (Å²) in [5.74, 6) is 0.717. The van der Waals surface area contributed by atoms with Gasteiger partial charge in [0.15, 0.2) is 5.82 Å². The number of benzene rings is 1. The third kappa shape index (κ3) is 2.51. The van der Waals surface area contributed by atoms with Crippen molar-refractivity contribution in [2.24, 2.45) is 0 Å². The Hall–Kier alpha value is -1.95. The molecular formula is C14H19N5O. The van der Waals surface area contributed by atoms with E-state index in [1.807, 2.05) is 25.1 Å². The second-order valence-electron chi connectivity index (χ2n) is 5.21. The summed E-state index contributed by atoms with van der Waals surface area (Å²) in [7, 11) is 0. The number of tetrazole rings is 1. The molecule has 0 saturated carbocycles. The number of rotatable bonds is 3. The molecule has 0 aliphatic carbocycles. The minimum atomic E-state index is 0.191. The van der Waals surface area contributed by atoms with Gasteiger partial charge in [-0.1, -0.05) is 12.1 Å². The Morgan fingerprint density at radius 2 is 2.30 bits per heavy atom. The SMILES string of the molecule is Cc1cccc(N)c1-c1nnnn1CC1CCCCO1. The van der Waals surface area contributed by atoms with Crippen LogP contribution in [0.25, 0.3) is 11.4 Å². The van der Waals surface area contributed by atoms with E-state index in [2.05, 4.69) is 15.5 Å². The largest absolute Gasteiger partial charge is 0.398 e. The Kier molecular flexibility index (Phi) is 3.64. The van der Waals surface area contributed by atoms with Crippen LogP contribution >= 0.6 is 0 Å². The van der Waals surface area contributed by atoms with Gasteiger partial charge in [-0.05, 0) is 48.2 Å². The maximum absolute atomic E-state index is 6.07. The highest BCUT2D eigenvalue weighted by Crippen LogP contribution is 2.27. The molecule has 1 aromatic carbocycles. The fourth-order valence-corrected chi connectivity index (χ4v) is 2.65. The number of hydrogen-bond donors (Lipinski definition) is 1. The zero-order valence-electron chi connectivity index (χ0n) is 11.6. The van der Waals surface area contributed by atoms with Crippen LogP contribution < -0.4 is 5.73 Å². The number of hydrogen-bond acceptors (Lipinski definition) is 5. The summed E-state index contributed by atoms with van der Waals surface area (Å²) < 4.78 is 7.56. The molecule has 6 nitrogen and oxygen atoms in total. The lowest BCUT2D eigenvalue weighted by molar-refractivity contribution is 0.00397. The predicted octanol–water partition coefficient (Wildman–Crippen LogP) is 1.80. The molecule has 1 aromatic heterocycles. The topological polar surface area (TPSA) is 78.9 Å². The van der Waals surface area contributed by atoms with Crippen LogP contribution in [-0.4, -0.2) is 32.9 Å². The Bertz CT molecular complexity index is 569. The number of nitrogens with zero attached hydrogens (tertiary/aromatic N) is 4. The summed E-state index contributed by atoms with van der Waals surface area (Å²) in [6, 6.07) is 5.83. The zero-order valence-corrected chi connectivity index (χ0v) is 11.6. The van der Waals surface area contributed by atoms with E-state index in [1.165, 1.54) is 6.42 Å². The van der Waals surface area contributed by atoms with Gasteiger partial charge in [0, 0.05) is 17.9 Å². The molecule has 1 aliphatic rings. The summed E-state index contributed by atoms with van der Waals surface area (Å²) in [5.41, 5.74) is 8.76. The van der Waals surface area contributed by atoms with Crippen LogP contribution in [-0.2, 0) is 11.3 Å². The lowest BCUT2D eigenvalue weighted by Gasteiger charge is -2.22. The van der Waals surface area contributed by atoms with Crippen LogP contribution in [0.2, 0.25) is 0 Å². The highest BCUT2D eigenvalue weighted by atomic mass is 16.5. The van der Waals surface area contributed by atoms with E-state index in [0.29, 0.717) is 12.2 Å². The van der Waals surface area contributed by atoms with Crippen molar-refractivity contribution in [1.82, 2.24) is 20.2 Å². The van der Waals surface area contributed by atoms with Crippen molar-refractivity contribution in [3.8, 4) is 11.4 Å². The van der Waals surface area contributed by atoms with Gasteiger partial charge in [-0.2, -0.15) is 0 Å². The number of nitrogen functional groups attached to an aromatic ring is 1. The minimum Gasteiger partial charge on any atom is -0.398 e. The summed E-state index contributed by atoms with van der Waals surface area (Å²) in [6.45, 7) is 3.52. The average molecular weight is 273 g/mol. The highest BCUT2D eigenvalue weighted by molar-refractivity contribution is 5.74. The van der Waals surface area contributed by atoms with Crippen molar-refractivity contribution < 1.29 is 4.74 Å². The molecule has 1 unspecified atom stereocenters. The number of anilines is 1. The maximum atomic E-state index is 6.07. The van der Waals surface area contributed by atoms with Crippen molar-refractivity contribution in [2.75, 3.05) is 12.3 Å². The minimum absolute atomic E-state index is 0.191. The van der Waals surface area contributed by atoms with Crippen LogP contribution in [0.5, 0.6) is 0 Å². The van der Waals surface area contributed by atoms with E-state index in [9.17, 15) is 0 Å². The van der Waals surface area contributed by atoms with Gasteiger partial charge in [-0.25, -0.2) is 4.68 Å². The quantitative estimate of drug-likeness (QED) is 0.863. The molecule has 1 aliphatic heterocycles. The first-order valence-corrected chi connectivity index (χ1v) is 6.99. The molecule has 0 radical (unpaired) electrons. The molecule has 20 heavy (non-hydrogen) atoms. The molecule has 2 N–H and O–H groups in total. The van der Waals surface area contributed by atoms with Crippen LogP contribution in [0, 0.1) is 6.92 Å². The summed E-state index contributed by atoms with van der Waals surface area (Å²) >= 11 is 0. The number of nitrogens with two attached hydrogens (primary N) is 1. The van der Waals surface area contributed by atoms with Gasteiger partial charge in [0.2, 0.25) is 0 Å².